The average Bonchev–Trinajstić information content (AvgIpc) is 2.11. The molecule has 0 radical (unpaired) electrons. The molecule has 0 aliphatic carbocycles. The maximum atomic E-state index is 10.9. The minimum atomic E-state index is -0.218. The van der Waals surface area contributed by atoms with E-state index in [0.29, 0.717) is 12.2 Å². The van der Waals surface area contributed by atoms with E-state index in [2.05, 4.69) is 11.9 Å². The molecule has 0 aliphatic heterocycles. The molecular formula is C8H15NO3S. The Morgan fingerprint density at radius 3 is 2.85 bits per heavy atom. The number of hydrogen-bond acceptors (Lipinski definition) is 4. The Kier molecular flexibility index (Phi) is 6.66. The maximum Gasteiger partial charge on any atom is 0.248 e. The molecule has 13 heavy (non-hydrogen) atoms. The summed E-state index contributed by atoms with van der Waals surface area (Å²) in [4.78, 5) is 10.9. The molecule has 76 valence electrons. The van der Waals surface area contributed by atoms with Crippen LogP contribution in [0.1, 0.15) is 13.8 Å². The van der Waals surface area contributed by atoms with Crippen molar-refractivity contribution in [2.75, 3.05) is 13.3 Å². The molecule has 0 aromatic heterocycles. The monoisotopic (exact) mass is 205 g/mol. The van der Waals surface area contributed by atoms with Crippen LogP contribution in [0.15, 0.2) is 12.2 Å². The SMILES string of the molecule is C=C(C)C(=O)NCOCC(C)SO. The number of carbonyl (C=O) groups is 1. The molecule has 0 saturated heterocycles. The van der Waals surface area contributed by atoms with Gasteiger partial charge in [-0.3, -0.25) is 4.79 Å². The fourth-order valence-electron chi connectivity index (χ4n) is 0.523. The standard InChI is InChI=1S/C8H15NO3S/c1-6(2)8(10)9-5-12-4-7(3)13-11/h7,11H,1,4-5H2,2-3H3,(H,9,10). The van der Waals surface area contributed by atoms with Gasteiger partial charge in [0.05, 0.1) is 11.9 Å². The zero-order valence-corrected chi connectivity index (χ0v) is 8.69. The highest BCUT2D eigenvalue weighted by Crippen LogP contribution is 2.03. The van der Waals surface area contributed by atoms with Crippen molar-refractivity contribution in [2.45, 2.75) is 19.1 Å². The molecule has 1 atom stereocenters. The highest BCUT2D eigenvalue weighted by Gasteiger charge is 2.02. The Morgan fingerprint density at radius 1 is 1.77 bits per heavy atom. The molecule has 0 saturated carbocycles. The van der Waals surface area contributed by atoms with Crippen LogP contribution in [-0.4, -0.2) is 29.0 Å². The molecular weight excluding hydrogens is 190 g/mol. The number of nitrogens with one attached hydrogen (secondary N) is 1. The summed E-state index contributed by atoms with van der Waals surface area (Å²) in [7, 11) is 0. The van der Waals surface area contributed by atoms with E-state index >= 15 is 0 Å². The number of hydrogen-bond donors (Lipinski definition) is 2. The topological polar surface area (TPSA) is 58.6 Å². The highest BCUT2D eigenvalue weighted by molar-refractivity contribution is 7.94. The van der Waals surface area contributed by atoms with E-state index in [4.69, 9.17) is 9.29 Å². The van der Waals surface area contributed by atoms with Crippen LogP contribution in [0.5, 0.6) is 0 Å². The molecule has 0 spiro atoms. The number of rotatable bonds is 6. The van der Waals surface area contributed by atoms with Gasteiger partial charge in [0.25, 0.3) is 0 Å². The van der Waals surface area contributed by atoms with Gasteiger partial charge in [0.2, 0.25) is 5.91 Å². The van der Waals surface area contributed by atoms with Crippen molar-refractivity contribution < 1.29 is 14.1 Å². The molecule has 0 fully saturated rings. The van der Waals surface area contributed by atoms with Crippen molar-refractivity contribution in [3.05, 3.63) is 12.2 Å². The van der Waals surface area contributed by atoms with Gasteiger partial charge in [-0.2, -0.15) is 0 Å². The highest BCUT2D eigenvalue weighted by atomic mass is 32.2. The summed E-state index contributed by atoms with van der Waals surface area (Å²) in [5.41, 5.74) is 0.452. The zero-order valence-electron chi connectivity index (χ0n) is 7.87. The second kappa shape index (κ2) is 6.94. The van der Waals surface area contributed by atoms with Gasteiger partial charge in [-0.1, -0.05) is 6.58 Å². The van der Waals surface area contributed by atoms with Gasteiger partial charge in [0.1, 0.15) is 6.73 Å². The summed E-state index contributed by atoms with van der Waals surface area (Å²) in [5, 5.41) is 2.53. The summed E-state index contributed by atoms with van der Waals surface area (Å²) in [6.45, 7) is 7.47. The third kappa shape index (κ3) is 6.62. The summed E-state index contributed by atoms with van der Waals surface area (Å²) < 4.78 is 13.6. The van der Waals surface area contributed by atoms with Crippen molar-refractivity contribution in [3.63, 3.8) is 0 Å². The Labute approximate surface area is 82.6 Å². The van der Waals surface area contributed by atoms with E-state index in [1.54, 1.807) is 6.92 Å². The molecule has 5 heteroatoms. The molecule has 0 rings (SSSR count). The van der Waals surface area contributed by atoms with Crippen molar-refractivity contribution in [1.82, 2.24) is 5.32 Å². The fraction of sp³-hybridized carbons (Fsp3) is 0.625. The summed E-state index contributed by atoms with van der Waals surface area (Å²) in [5.74, 6) is -0.218. The van der Waals surface area contributed by atoms with E-state index in [1.165, 1.54) is 0 Å². The molecule has 0 aromatic carbocycles. The molecule has 2 N–H and O–H groups in total. The van der Waals surface area contributed by atoms with Crippen LogP contribution < -0.4 is 5.32 Å². The van der Waals surface area contributed by atoms with Crippen LogP contribution in [-0.2, 0) is 9.53 Å². The van der Waals surface area contributed by atoms with Crippen molar-refractivity contribution in [1.29, 1.82) is 0 Å². The molecule has 0 heterocycles. The first-order valence-electron chi connectivity index (χ1n) is 3.89. The normalized spacial score (nSPS) is 12.2. The van der Waals surface area contributed by atoms with Crippen molar-refractivity contribution >= 4 is 17.9 Å². The van der Waals surface area contributed by atoms with Crippen LogP contribution >= 0.6 is 12.0 Å². The van der Waals surface area contributed by atoms with Gasteiger partial charge in [0, 0.05) is 5.57 Å². The second-order valence-corrected chi connectivity index (χ2v) is 3.73. The Hall–Kier alpha value is -0.520. The first-order chi connectivity index (χ1) is 6.07. The molecule has 1 amide bonds. The van der Waals surface area contributed by atoms with Crippen LogP contribution in [0.2, 0.25) is 0 Å². The zero-order chi connectivity index (χ0) is 10.3. The third-order valence-corrected chi connectivity index (χ3v) is 1.75. The van der Waals surface area contributed by atoms with Gasteiger partial charge in [0.15, 0.2) is 0 Å². The Morgan fingerprint density at radius 2 is 2.38 bits per heavy atom. The summed E-state index contributed by atoms with van der Waals surface area (Å²) in [6.07, 6.45) is 0. The third-order valence-electron chi connectivity index (χ3n) is 1.25. The van der Waals surface area contributed by atoms with Crippen LogP contribution in [0, 0.1) is 0 Å². The second-order valence-electron chi connectivity index (χ2n) is 2.72. The maximum absolute atomic E-state index is 10.9. The van der Waals surface area contributed by atoms with E-state index in [9.17, 15) is 4.79 Å². The summed E-state index contributed by atoms with van der Waals surface area (Å²) in [6, 6.07) is 0. The predicted molar refractivity (Wildman–Crippen MR) is 53.5 cm³/mol. The number of carbonyl (C=O) groups excluding carboxylic acids is 1. The number of amides is 1. The van der Waals surface area contributed by atoms with Gasteiger partial charge in [-0.25, -0.2) is 0 Å². The Bertz CT molecular complexity index is 184. The van der Waals surface area contributed by atoms with E-state index in [0.717, 1.165) is 12.0 Å². The van der Waals surface area contributed by atoms with E-state index in [-0.39, 0.29) is 17.9 Å². The molecule has 0 aliphatic rings. The van der Waals surface area contributed by atoms with Crippen LogP contribution in [0.4, 0.5) is 0 Å². The predicted octanol–water partition coefficient (Wildman–Crippen LogP) is 1.25. The van der Waals surface area contributed by atoms with E-state index in [1.807, 2.05) is 6.92 Å². The first kappa shape index (κ1) is 12.5. The summed E-state index contributed by atoms with van der Waals surface area (Å²) >= 11 is 0.735. The first-order valence-corrected chi connectivity index (χ1v) is 4.73. The largest absolute Gasteiger partial charge is 0.360 e. The van der Waals surface area contributed by atoms with Crippen molar-refractivity contribution in [3.8, 4) is 0 Å². The number of ether oxygens (including phenoxy) is 1. The lowest BCUT2D eigenvalue weighted by Gasteiger charge is -2.08. The van der Waals surface area contributed by atoms with Gasteiger partial charge in [-0.15, -0.1) is 0 Å². The lowest BCUT2D eigenvalue weighted by atomic mass is 10.3. The lowest BCUT2D eigenvalue weighted by molar-refractivity contribution is -0.119. The molecule has 4 nitrogen and oxygen atoms in total. The fourth-order valence-corrected chi connectivity index (χ4v) is 0.680. The minimum absolute atomic E-state index is 0.0155. The Balaban J connectivity index is 3.36. The van der Waals surface area contributed by atoms with Gasteiger partial charge >= 0.3 is 0 Å². The minimum Gasteiger partial charge on any atom is -0.360 e. The van der Waals surface area contributed by atoms with Crippen LogP contribution in [0.3, 0.4) is 0 Å². The molecule has 0 aromatic rings. The quantitative estimate of drug-likeness (QED) is 0.296. The smallest absolute Gasteiger partial charge is 0.248 e. The van der Waals surface area contributed by atoms with Gasteiger partial charge < -0.3 is 14.6 Å². The van der Waals surface area contributed by atoms with Crippen molar-refractivity contribution in [2.24, 2.45) is 0 Å². The molecule has 1 unspecified atom stereocenters. The molecule has 0 bridgehead atoms. The van der Waals surface area contributed by atoms with Gasteiger partial charge in [-0.05, 0) is 25.9 Å². The lowest BCUT2D eigenvalue weighted by Crippen LogP contribution is -2.27. The average molecular weight is 205 g/mol. The van der Waals surface area contributed by atoms with Crippen LogP contribution in [0.25, 0.3) is 0 Å². The van der Waals surface area contributed by atoms with E-state index < -0.39 is 0 Å².